The molecule has 0 bridgehead atoms. The van der Waals surface area contributed by atoms with Crippen LogP contribution in [-0.2, 0) is 4.74 Å². The lowest BCUT2D eigenvalue weighted by Gasteiger charge is -2.11. The summed E-state index contributed by atoms with van der Waals surface area (Å²) in [6.07, 6.45) is 10.3. The van der Waals surface area contributed by atoms with E-state index in [1.807, 2.05) is 30.3 Å². The Balaban J connectivity index is 2.35. The molecule has 0 heterocycles. The summed E-state index contributed by atoms with van der Waals surface area (Å²) in [5.74, 6) is 0. The highest BCUT2D eigenvalue weighted by atomic mass is 16.5. The van der Waals surface area contributed by atoms with Crippen LogP contribution in [0.1, 0.15) is 62.7 Å². The Labute approximate surface area is 117 Å². The Bertz CT molecular complexity index is 354. The average Bonchev–Trinajstić information content (AvgIpc) is 2.45. The van der Waals surface area contributed by atoms with E-state index in [0.717, 1.165) is 24.0 Å². The molecule has 19 heavy (non-hydrogen) atoms. The van der Waals surface area contributed by atoms with Crippen LogP contribution in [0.25, 0.3) is 6.08 Å². The van der Waals surface area contributed by atoms with Crippen LogP contribution in [0.4, 0.5) is 0 Å². The maximum Gasteiger partial charge on any atom is 0.0830 e. The van der Waals surface area contributed by atoms with E-state index in [0.29, 0.717) is 0 Å². The largest absolute Gasteiger partial charge is 0.504 e. The summed E-state index contributed by atoms with van der Waals surface area (Å²) in [4.78, 5) is 0. The molecule has 0 spiro atoms. The van der Waals surface area contributed by atoms with Crippen LogP contribution in [0, 0.1) is 0 Å². The Morgan fingerprint density at radius 3 is 2.42 bits per heavy atom. The third-order valence-electron chi connectivity index (χ3n) is 3.30. The normalized spacial score (nSPS) is 12.8. The van der Waals surface area contributed by atoms with Gasteiger partial charge in [-0.05, 0) is 23.6 Å². The average molecular weight is 262 g/mol. The number of hydrogen-bond donors (Lipinski definition) is 1. The van der Waals surface area contributed by atoms with Gasteiger partial charge >= 0.3 is 0 Å². The number of aliphatic hydroxyl groups is 1. The monoisotopic (exact) mass is 262 g/mol. The van der Waals surface area contributed by atoms with Crippen LogP contribution in [0.3, 0.4) is 0 Å². The second-order valence-electron chi connectivity index (χ2n) is 4.92. The summed E-state index contributed by atoms with van der Waals surface area (Å²) in [6.45, 7) is 2.22. The fraction of sp³-hybridized carbons (Fsp3) is 0.529. The minimum atomic E-state index is -0.331. The maximum absolute atomic E-state index is 10.1. The summed E-state index contributed by atoms with van der Waals surface area (Å²) >= 11 is 0. The Kier molecular flexibility index (Phi) is 7.99. The van der Waals surface area contributed by atoms with Gasteiger partial charge in [0.1, 0.15) is 0 Å². The first-order chi connectivity index (χ1) is 9.27. The molecule has 0 aromatic heterocycles. The zero-order chi connectivity index (χ0) is 13.9. The number of aliphatic hydroxyl groups excluding tert-OH is 1. The van der Waals surface area contributed by atoms with Crippen molar-refractivity contribution in [3.8, 4) is 0 Å². The van der Waals surface area contributed by atoms with E-state index in [9.17, 15) is 5.11 Å². The van der Waals surface area contributed by atoms with Crippen LogP contribution in [-0.4, -0.2) is 12.2 Å². The highest BCUT2D eigenvalue weighted by molar-refractivity contribution is 5.48. The number of hydrogen-bond acceptors (Lipinski definition) is 2. The highest BCUT2D eigenvalue weighted by Gasteiger charge is 2.06. The van der Waals surface area contributed by atoms with Crippen LogP contribution >= 0.6 is 0 Å². The van der Waals surface area contributed by atoms with Crippen LogP contribution in [0.2, 0.25) is 0 Å². The second kappa shape index (κ2) is 9.62. The smallest absolute Gasteiger partial charge is 0.0830 e. The Hall–Kier alpha value is -1.28. The molecule has 1 atom stereocenters. The molecule has 0 saturated heterocycles. The van der Waals surface area contributed by atoms with Gasteiger partial charge in [-0.2, -0.15) is 0 Å². The number of benzene rings is 1. The third-order valence-corrected chi connectivity index (χ3v) is 3.30. The minimum absolute atomic E-state index is 0.331. The summed E-state index contributed by atoms with van der Waals surface area (Å²) in [5, 5.41) is 10.1. The Morgan fingerprint density at radius 1 is 1.11 bits per heavy atom. The lowest BCUT2D eigenvalue weighted by Crippen LogP contribution is -1.97. The standard InChI is InChI=1S/C17H26O2/c1-3-4-5-6-7-8-17(18)16-11-9-15(10-12-16)13-14-19-2/h9-14,17-18H,3-8H2,1-2H3. The molecule has 0 fully saturated rings. The summed E-state index contributed by atoms with van der Waals surface area (Å²) in [5.41, 5.74) is 2.09. The summed E-state index contributed by atoms with van der Waals surface area (Å²) in [6, 6.07) is 7.99. The highest BCUT2D eigenvalue weighted by Crippen LogP contribution is 2.20. The summed E-state index contributed by atoms with van der Waals surface area (Å²) in [7, 11) is 1.63. The molecule has 0 aliphatic heterocycles. The third kappa shape index (κ3) is 6.44. The molecule has 2 heteroatoms. The van der Waals surface area contributed by atoms with Crippen LogP contribution in [0.15, 0.2) is 30.5 Å². The van der Waals surface area contributed by atoms with Gasteiger partial charge in [-0.15, -0.1) is 0 Å². The van der Waals surface area contributed by atoms with Crippen molar-refractivity contribution in [1.82, 2.24) is 0 Å². The van der Waals surface area contributed by atoms with Crippen molar-refractivity contribution < 1.29 is 9.84 Å². The molecular formula is C17H26O2. The second-order valence-corrected chi connectivity index (χ2v) is 4.92. The van der Waals surface area contributed by atoms with E-state index in [1.165, 1.54) is 25.7 Å². The molecule has 1 aromatic carbocycles. The number of methoxy groups -OCH3 is 1. The topological polar surface area (TPSA) is 29.5 Å². The van der Waals surface area contributed by atoms with Gasteiger partial charge in [-0.3, -0.25) is 0 Å². The maximum atomic E-state index is 10.1. The first kappa shape index (κ1) is 15.8. The van der Waals surface area contributed by atoms with E-state index < -0.39 is 0 Å². The fourth-order valence-corrected chi connectivity index (χ4v) is 2.08. The minimum Gasteiger partial charge on any atom is -0.504 e. The molecule has 1 N–H and O–H groups in total. The fourth-order valence-electron chi connectivity index (χ4n) is 2.08. The van der Waals surface area contributed by atoms with E-state index in [-0.39, 0.29) is 6.10 Å². The molecule has 1 unspecified atom stereocenters. The van der Waals surface area contributed by atoms with Gasteiger partial charge in [0.15, 0.2) is 0 Å². The van der Waals surface area contributed by atoms with Crippen molar-refractivity contribution in [2.45, 2.75) is 51.6 Å². The molecule has 0 radical (unpaired) electrons. The predicted octanol–water partition coefficient (Wildman–Crippen LogP) is 4.70. The molecule has 1 aromatic rings. The van der Waals surface area contributed by atoms with Gasteiger partial charge < -0.3 is 9.84 Å². The molecule has 2 nitrogen and oxygen atoms in total. The molecule has 0 amide bonds. The van der Waals surface area contributed by atoms with E-state index in [4.69, 9.17) is 4.74 Å². The quantitative estimate of drug-likeness (QED) is 0.516. The van der Waals surface area contributed by atoms with Crippen molar-refractivity contribution in [3.63, 3.8) is 0 Å². The molecular weight excluding hydrogens is 236 g/mol. The molecule has 0 aliphatic rings. The van der Waals surface area contributed by atoms with Crippen molar-refractivity contribution >= 4 is 6.08 Å². The van der Waals surface area contributed by atoms with E-state index in [2.05, 4.69) is 6.92 Å². The first-order valence-corrected chi connectivity index (χ1v) is 7.25. The van der Waals surface area contributed by atoms with Crippen molar-refractivity contribution in [2.24, 2.45) is 0 Å². The van der Waals surface area contributed by atoms with Crippen LogP contribution in [0.5, 0.6) is 0 Å². The van der Waals surface area contributed by atoms with Gasteiger partial charge in [0.25, 0.3) is 0 Å². The van der Waals surface area contributed by atoms with Gasteiger partial charge in [-0.25, -0.2) is 0 Å². The van der Waals surface area contributed by atoms with Gasteiger partial charge in [0.05, 0.1) is 19.5 Å². The number of unbranched alkanes of at least 4 members (excludes halogenated alkanes) is 4. The van der Waals surface area contributed by atoms with Crippen molar-refractivity contribution in [2.75, 3.05) is 7.11 Å². The zero-order valence-corrected chi connectivity index (χ0v) is 12.1. The van der Waals surface area contributed by atoms with E-state index >= 15 is 0 Å². The number of rotatable bonds is 9. The zero-order valence-electron chi connectivity index (χ0n) is 12.1. The van der Waals surface area contributed by atoms with Gasteiger partial charge in [0.2, 0.25) is 0 Å². The van der Waals surface area contributed by atoms with Gasteiger partial charge in [-0.1, -0.05) is 63.3 Å². The SMILES string of the molecule is CCCCCCCC(O)c1ccc(C=COC)cc1. The van der Waals surface area contributed by atoms with Crippen molar-refractivity contribution in [1.29, 1.82) is 0 Å². The summed E-state index contributed by atoms with van der Waals surface area (Å²) < 4.78 is 4.88. The lowest BCUT2D eigenvalue weighted by atomic mass is 10.0. The molecule has 0 saturated carbocycles. The number of ether oxygens (including phenoxy) is 1. The first-order valence-electron chi connectivity index (χ1n) is 7.25. The van der Waals surface area contributed by atoms with Crippen molar-refractivity contribution in [3.05, 3.63) is 41.7 Å². The van der Waals surface area contributed by atoms with Gasteiger partial charge in [0, 0.05) is 0 Å². The molecule has 106 valence electrons. The molecule has 0 aliphatic carbocycles. The lowest BCUT2D eigenvalue weighted by molar-refractivity contribution is 0.163. The molecule has 1 rings (SSSR count). The predicted molar refractivity (Wildman–Crippen MR) is 80.8 cm³/mol. The Morgan fingerprint density at radius 2 is 1.79 bits per heavy atom. The van der Waals surface area contributed by atoms with Crippen LogP contribution < -0.4 is 0 Å². The van der Waals surface area contributed by atoms with E-state index in [1.54, 1.807) is 13.4 Å².